The fraction of sp³-hybridized carbons (Fsp3) is 0.615. The molecule has 0 spiro atoms. The van der Waals surface area contributed by atoms with Crippen LogP contribution in [0.1, 0.15) is 32.8 Å². The summed E-state index contributed by atoms with van der Waals surface area (Å²) in [5.74, 6) is 1.24. The van der Waals surface area contributed by atoms with Crippen molar-refractivity contribution in [1.82, 2.24) is 9.97 Å². The summed E-state index contributed by atoms with van der Waals surface area (Å²) in [5, 5.41) is 6.26. The van der Waals surface area contributed by atoms with Crippen LogP contribution in [0.4, 0.5) is 11.6 Å². The van der Waals surface area contributed by atoms with Gasteiger partial charge in [0.1, 0.15) is 18.0 Å². The lowest BCUT2D eigenvalue weighted by molar-refractivity contribution is -0.125. The van der Waals surface area contributed by atoms with E-state index in [9.17, 15) is 4.79 Å². The average molecular weight is 265 g/mol. The zero-order valence-electron chi connectivity index (χ0n) is 12.1. The molecule has 1 heterocycles. The van der Waals surface area contributed by atoms with Gasteiger partial charge >= 0.3 is 0 Å². The molecule has 0 aromatic carbocycles. The van der Waals surface area contributed by atoms with Crippen LogP contribution in [0.5, 0.6) is 0 Å². The number of nitrogens with one attached hydrogen (secondary N) is 2. The fourth-order valence-corrected chi connectivity index (χ4v) is 1.66. The van der Waals surface area contributed by atoms with Crippen LogP contribution in [0.15, 0.2) is 6.33 Å². The van der Waals surface area contributed by atoms with E-state index in [1.54, 1.807) is 0 Å². The van der Waals surface area contributed by atoms with Crippen molar-refractivity contribution in [2.24, 2.45) is 11.1 Å². The Kier molecular flexibility index (Phi) is 5.09. The van der Waals surface area contributed by atoms with Gasteiger partial charge in [-0.15, -0.1) is 0 Å². The Morgan fingerprint density at radius 1 is 1.37 bits per heavy atom. The molecule has 1 amide bonds. The van der Waals surface area contributed by atoms with Crippen LogP contribution in [-0.2, 0) is 11.2 Å². The van der Waals surface area contributed by atoms with E-state index in [0.717, 1.165) is 30.0 Å². The summed E-state index contributed by atoms with van der Waals surface area (Å²) >= 11 is 0. The van der Waals surface area contributed by atoms with E-state index in [0.29, 0.717) is 6.54 Å². The number of aromatic nitrogens is 2. The Morgan fingerprint density at radius 3 is 2.53 bits per heavy atom. The summed E-state index contributed by atoms with van der Waals surface area (Å²) < 4.78 is 0. The molecule has 1 aromatic heterocycles. The van der Waals surface area contributed by atoms with Crippen molar-refractivity contribution in [3.63, 3.8) is 0 Å². The van der Waals surface area contributed by atoms with Crippen molar-refractivity contribution in [3.05, 3.63) is 11.9 Å². The van der Waals surface area contributed by atoms with Crippen LogP contribution in [0.25, 0.3) is 0 Å². The van der Waals surface area contributed by atoms with Gasteiger partial charge < -0.3 is 16.4 Å². The molecule has 1 rings (SSSR count). The molecule has 0 unspecified atom stereocenters. The Labute approximate surface area is 114 Å². The largest absolute Gasteiger partial charge is 0.373 e. The summed E-state index contributed by atoms with van der Waals surface area (Å²) in [5.41, 5.74) is 5.78. The average Bonchev–Trinajstić information content (AvgIpc) is 2.37. The molecule has 0 aliphatic carbocycles. The van der Waals surface area contributed by atoms with Gasteiger partial charge in [-0.3, -0.25) is 4.79 Å². The quantitative estimate of drug-likeness (QED) is 0.693. The van der Waals surface area contributed by atoms with Crippen molar-refractivity contribution < 1.29 is 4.79 Å². The first-order valence-corrected chi connectivity index (χ1v) is 6.47. The fourth-order valence-electron chi connectivity index (χ4n) is 1.66. The van der Waals surface area contributed by atoms with E-state index in [2.05, 4.69) is 27.5 Å². The molecule has 19 heavy (non-hydrogen) atoms. The highest BCUT2D eigenvalue weighted by Gasteiger charge is 2.25. The number of hydrogen-bond donors (Lipinski definition) is 3. The van der Waals surface area contributed by atoms with E-state index < -0.39 is 5.41 Å². The number of hydrogen-bond acceptors (Lipinski definition) is 5. The Bertz CT molecular complexity index is 445. The van der Waals surface area contributed by atoms with Gasteiger partial charge in [0.05, 0.1) is 5.41 Å². The van der Waals surface area contributed by atoms with Crippen molar-refractivity contribution in [3.8, 4) is 0 Å². The van der Waals surface area contributed by atoms with Crippen LogP contribution in [0.3, 0.4) is 0 Å². The Balaban J connectivity index is 2.91. The number of carbonyl (C=O) groups excluding carboxylic acids is 1. The van der Waals surface area contributed by atoms with E-state index >= 15 is 0 Å². The second kappa shape index (κ2) is 6.36. The van der Waals surface area contributed by atoms with Crippen molar-refractivity contribution in [2.45, 2.75) is 33.6 Å². The van der Waals surface area contributed by atoms with Crippen LogP contribution < -0.4 is 16.4 Å². The van der Waals surface area contributed by atoms with Gasteiger partial charge in [-0.25, -0.2) is 9.97 Å². The number of amides is 1. The summed E-state index contributed by atoms with van der Waals surface area (Å²) in [7, 11) is 1.83. The van der Waals surface area contributed by atoms with Crippen molar-refractivity contribution in [2.75, 3.05) is 24.2 Å². The molecule has 4 N–H and O–H groups in total. The minimum atomic E-state index is -0.617. The standard InChI is InChI=1S/C13H23N5O/c1-5-6-9-10(15-4)17-8-18-11(9)16-7-13(2,3)12(14)19/h8H,5-7H2,1-4H3,(H2,14,19)(H2,15,16,17,18). The third kappa shape index (κ3) is 3.81. The number of nitrogens with two attached hydrogens (primary N) is 1. The van der Waals surface area contributed by atoms with E-state index in [1.807, 2.05) is 20.9 Å². The smallest absolute Gasteiger partial charge is 0.224 e. The lowest BCUT2D eigenvalue weighted by Crippen LogP contribution is -2.37. The van der Waals surface area contributed by atoms with Gasteiger partial charge in [0.15, 0.2) is 0 Å². The van der Waals surface area contributed by atoms with Gasteiger partial charge in [-0.05, 0) is 20.3 Å². The first kappa shape index (κ1) is 15.2. The molecule has 0 saturated heterocycles. The van der Waals surface area contributed by atoms with Gasteiger partial charge in [0.2, 0.25) is 5.91 Å². The molecule has 0 radical (unpaired) electrons. The lowest BCUT2D eigenvalue weighted by atomic mass is 9.92. The van der Waals surface area contributed by atoms with Gasteiger partial charge in [-0.2, -0.15) is 0 Å². The molecule has 1 aromatic rings. The van der Waals surface area contributed by atoms with Crippen LogP contribution >= 0.6 is 0 Å². The molecule has 0 atom stereocenters. The normalized spacial score (nSPS) is 11.2. The van der Waals surface area contributed by atoms with Crippen molar-refractivity contribution >= 4 is 17.5 Å². The van der Waals surface area contributed by atoms with E-state index in [4.69, 9.17) is 5.73 Å². The summed E-state index contributed by atoms with van der Waals surface area (Å²) in [6.07, 6.45) is 3.37. The summed E-state index contributed by atoms with van der Waals surface area (Å²) in [6.45, 7) is 6.16. The van der Waals surface area contributed by atoms with Gasteiger partial charge in [0.25, 0.3) is 0 Å². The maximum Gasteiger partial charge on any atom is 0.224 e. The van der Waals surface area contributed by atoms with Crippen LogP contribution in [0.2, 0.25) is 0 Å². The monoisotopic (exact) mass is 265 g/mol. The molecule has 6 nitrogen and oxygen atoms in total. The van der Waals surface area contributed by atoms with Gasteiger partial charge in [0, 0.05) is 19.2 Å². The lowest BCUT2D eigenvalue weighted by Gasteiger charge is -2.22. The molecule has 0 aliphatic rings. The number of primary amides is 1. The third-order valence-corrected chi connectivity index (χ3v) is 3.05. The molecule has 0 fully saturated rings. The summed E-state index contributed by atoms with van der Waals surface area (Å²) in [4.78, 5) is 19.8. The predicted octanol–water partition coefficient (Wildman–Crippen LogP) is 1.39. The Morgan fingerprint density at radius 2 is 2.00 bits per heavy atom. The van der Waals surface area contributed by atoms with Crippen LogP contribution in [-0.4, -0.2) is 29.5 Å². The zero-order chi connectivity index (χ0) is 14.5. The first-order valence-electron chi connectivity index (χ1n) is 6.47. The number of carbonyl (C=O) groups is 1. The summed E-state index contributed by atoms with van der Waals surface area (Å²) in [6, 6.07) is 0. The molecule has 6 heteroatoms. The maximum absolute atomic E-state index is 11.3. The van der Waals surface area contributed by atoms with Gasteiger partial charge in [-0.1, -0.05) is 13.3 Å². The zero-order valence-corrected chi connectivity index (χ0v) is 12.1. The Hall–Kier alpha value is -1.85. The minimum Gasteiger partial charge on any atom is -0.373 e. The topological polar surface area (TPSA) is 92.9 Å². The highest BCUT2D eigenvalue weighted by Crippen LogP contribution is 2.23. The third-order valence-electron chi connectivity index (χ3n) is 3.05. The highest BCUT2D eigenvalue weighted by molar-refractivity contribution is 5.80. The number of anilines is 2. The molecular formula is C13H23N5O. The molecule has 106 valence electrons. The number of nitrogens with zero attached hydrogens (tertiary/aromatic N) is 2. The first-order chi connectivity index (χ1) is 8.92. The maximum atomic E-state index is 11.3. The molecular weight excluding hydrogens is 242 g/mol. The second-order valence-corrected chi connectivity index (χ2v) is 5.15. The van der Waals surface area contributed by atoms with Crippen LogP contribution in [0, 0.1) is 5.41 Å². The highest BCUT2D eigenvalue weighted by atomic mass is 16.1. The number of rotatable bonds is 7. The predicted molar refractivity (Wildman–Crippen MR) is 77.0 cm³/mol. The second-order valence-electron chi connectivity index (χ2n) is 5.15. The van der Waals surface area contributed by atoms with E-state index in [1.165, 1.54) is 6.33 Å². The molecule has 0 bridgehead atoms. The van der Waals surface area contributed by atoms with Crippen molar-refractivity contribution in [1.29, 1.82) is 0 Å². The SMILES string of the molecule is CCCc1c(NC)ncnc1NCC(C)(C)C(N)=O. The molecule has 0 saturated carbocycles. The minimum absolute atomic E-state index is 0.333. The van der Waals surface area contributed by atoms with E-state index in [-0.39, 0.29) is 5.91 Å². The molecule has 0 aliphatic heterocycles.